The topological polar surface area (TPSA) is 0 Å². The van der Waals surface area contributed by atoms with Gasteiger partial charge in [0.05, 0.1) is 0 Å². The van der Waals surface area contributed by atoms with Crippen LogP contribution in [0.5, 0.6) is 0 Å². The van der Waals surface area contributed by atoms with Crippen LogP contribution in [0.25, 0.3) is 0 Å². The van der Waals surface area contributed by atoms with Crippen LogP contribution >= 0.6 is 24.4 Å². The van der Waals surface area contributed by atoms with Gasteiger partial charge in [-0.1, -0.05) is 73.0 Å². The number of allylic oxidation sites excluding steroid dienone is 8. The lowest BCUT2D eigenvalue weighted by Gasteiger charge is -2.12. The molecule has 0 heterocycles. The largest absolute Gasteiger partial charge is 0.0827 e. The van der Waals surface area contributed by atoms with Crippen molar-refractivity contribution >= 4 is 34.2 Å². The maximum Gasteiger partial charge on any atom is 0.0407 e. The summed E-state index contributed by atoms with van der Waals surface area (Å²) in [6, 6.07) is 0. The van der Waals surface area contributed by atoms with Crippen LogP contribution in [0.1, 0.15) is 0 Å². The van der Waals surface area contributed by atoms with E-state index in [0.29, 0.717) is 0 Å². The average Bonchev–Trinajstić information content (AvgIpc) is 2.87. The summed E-state index contributed by atoms with van der Waals surface area (Å²) >= 11 is 10.7. The van der Waals surface area contributed by atoms with Crippen LogP contribution in [0.2, 0.25) is 0 Å². The first kappa shape index (κ1) is 9.69. The molecule has 2 aliphatic carbocycles. The predicted molar refractivity (Wildman–Crippen MR) is 68.7 cm³/mol. The maximum atomic E-state index is 5.36. The van der Waals surface area contributed by atoms with Gasteiger partial charge in [-0.25, -0.2) is 0 Å². The fourth-order valence-corrected chi connectivity index (χ4v) is 2.13. The Kier molecular flexibility index (Phi) is 2.85. The van der Waals surface area contributed by atoms with Gasteiger partial charge in [-0.05, 0) is 0 Å². The summed E-state index contributed by atoms with van der Waals surface area (Å²) < 4.78 is 0. The maximum absolute atomic E-state index is 5.36. The van der Waals surface area contributed by atoms with E-state index in [0.717, 1.165) is 9.73 Å². The Balaban J connectivity index is 2.08. The third-order valence-corrected chi connectivity index (χ3v) is 3.46. The van der Waals surface area contributed by atoms with Gasteiger partial charge >= 0.3 is 0 Å². The van der Waals surface area contributed by atoms with Crippen molar-refractivity contribution in [3.8, 4) is 0 Å². The van der Waals surface area contributed by atoms with E-state index < -0.39 is 0 Å². The second-order valence-electron chi connectivity index (χ2n) is 3.32. The number of thiocarbonyl (C=S) groups is 2. The first-order valence-electron chi connectivity index (χ1n) is 4.57. The summed E-state index contributed by atoms with van der Waals surface area (Å²) in [5, 5.41) is 0. The van der Waals surface area contributed by atoms with E-state index in [1.807, 2.05) is 24.3 Å². The lowest BCUT2D eigenvalue weighted by Crippen LogP contribution is -2.21. The molecule has 0 fully saturated rings. The Morgan fingerprint density at radius 3 is 1.21 bits per heavy atom. The highest BCUT2D eigenvalue weighted by molar-refractivity contribution is 7.89. The summed E-state index contributed by atoms with van der Waals surface area (Å²) in [7, 11) is 0. The Morgan fingerprint density at radius 2 is 0.929 bits per heavy atom. The number of hydrogen-bond acceptors (Lipinski definition) is 2. The molecule has 0 saturated carbocycles. The highest BCUT2D eigenvalue weighted by Crippen LogP contribution is 2.19. The molecule has 0 atom stereocenters. The zero-order valence-corrected chi connectivity index (χ0v) is 9.22. The molecule has 0 saturated heterocycles. The zero-order chi connectivity index (χ0) is 9.97. The first-order chi connectivity index (χ1) is 6.79. The van der Waals surface area contributed by atoms with E-state index in [1.165, 1.54) is 0 Å². The molecular weight excluding hydrogens is 208 g/mol. The second-order valence-corrected chi connectivity index (χ2v) is 4.20. The molecule has 70 valence electrons. The molecule has 0 aliphatic heterocycles. The molecule has 0 N–H and O–H groups in total. The minimum Gasteiger partial charge on any atom is -0.0827 e. The first-order valence-corrected chi connectivity index (χ1v) is 5.39. The van der Waals surface area contributed by atoms with Crippen LogP contribution in [-0.4, -0.2) is 9.73 Å². The van der Waals surface area contributed by atoms with E-state index in [-0.39, 0.29) is 11.8 Å². The summed E-state index contributed by atoms with van der Waals surface area (Å²) in [4.78, 5) is 1.76. The van der Waals surface area contributed by atoms with Crippen molar-refractivity contribution in [2.45, 2.75) is 0 Å². The SMILES string of the molecule is S=C(C(=S)C1C=CC=C1)C1C=CC=C1. The monoisotopic (exact) mass is 218 g/mol. The van der Waals surface area contributed by atoms with Crippen LogP contribution in [0.3, 0.4) is 0 Å². The number of hydrogen-bond donors (Lipinski definition) is 0. The lowest BCUT2D eigenvalue weighted by atomic mass is 9.97. The standard InChI is InChI=1S/C12H10S2/c13-11(9-5-1-2-6-9)12(14)10-7-3-4-8-10/h1-10H. The molecule has 0 aromatic carbocycles. The smallest absolute Gasteiger partial charge is 0.0407 e. The molecule has 0 bridgehead atoms. The fraction of sp³-hybridized carbons (Fsp3) is 0.167. The molecule has 0 amide bonds. The van der Waals surface area contributed by atoms with E-state index in [2.05, 4.69) is 24.3 Å². The molecule has 0 unspecified atom stereocenters. The van der Waals surface area contributed by atoms with Crippen molar-refractivity contribution in [2.75, 3.05) is 0 Å². The van der Waals surface area contributed by atoms with Crippen LogP contribution in [0, 0.1) is 11.8 Å². The second kappa shape index (κ2) is 4.11. The van der Waals surface area contributed by atoms with E-state index >= 15 is 0 Å². The van der Waals surface area contributed by atoms with Crippen molar-refractivity contribution in [1.29, 1.82) is 0 Å². The fourth-order valence-electron chi connectivity index (χ4n) is 1.54. The van der Waals surface area contributed by atoms with E-state index in [1.54, 1.807) is 0 Å². The molecule has 2 aliphatic rings. The van der Waals surface area contributed by atoms with Crippen molar-refractivity contribution in [1.82, 2.24) is 0 Å². The minimum atomic E-state index is 0.236. The third-order valence-electron chi connectivity index (χ3n) is 2.34. The Labute approximate surface area is 94.7 Å². The quantitative estimate of drug-likeness (QED) is 0.667. The summed E-state index contributed by atoms with van der Waals surface area (Å²) in [5.41, 5.74) is 0. The molecule has 0 radical (unpaired) electrons. The summed E-state index contributed by atoms with van der Waals surface area (Å²) in [6.07, 6.45) is 16.4. The molecular formula is C12H10S2. The van der Waals surface area contributed by atoms with Gasteiger partial charge in [-0.2, -0.15) is 0 Å². The summed E-state index contributed by atoms with van der Waals surface area (Å²) in [5.74, 6) is 0.472. The predicted octanol–water partition coefficient (Wildman–Crippen LogP) is 3.21. The minimum absolute atomic E-state index is 0.236. The van der Waals surface area contributed by atoms with E-state index in [4.69, 9.17) is 24.4 Å². The zero-order valence-electron chi connectivity index (χ0n) is 7.59. The molecule has 14 heavy (non-hydrogen) atoms. The summed E-state index contributed by atoms with van der Waals surface area (Å²) in [6.45, 7) is 0. The van der Waals surface area contributed by atoms with Gasteiger partial charge in [0.1, 0.15) is 0 Å². The Bertz CT molecular complexity index is 321. The molecule has 2 rings (SSSR count). The van der Waals surface area contributed by atoms with Crippen LogP contribution in [-0.2, 0) is 0 Å². The number of rotatable bonds is 3. The van der Waals surface area contributed by atoms with Gasteiger partial charge in [-0.3, -0.25) is 0 Å². The van der Waals surface area contributed by atoms with Gasteiger partial charge in [0.25, 0.3) is 0 Å². The van der Waals surface area contributed by atoms with Gasteiger partial charge in [0.15, 0.2) is 0 Å². The molecule has 0 spiro atoms. The van der Waals surface area contributed by atoms with Gasteiger partial charge < -0.3 is 0 Å². The van der Waals surface area contributed by atoms with E-state index in [9.17, 15) is 0 Å². The van der Waals surface area contributed by atoms with Crippen molar-refractivity contribution in [3.63, 3.8) is 0 Å². The average molecular weight is 218 g/mol. The molecule has 0 aromatic heterocycles. The molecule has 2 heteroatoms. The highest BCUT2D eigenvalue weighted by atomic mass is 32.1. The van der Waals surface area contributed by atoms with Crippen LogP contribution in [0.15, 0.2) is 48.6 Å². The van der Waals surface area contributed by atoms with Crippen LogP contribution < -0.4 is 0 Å². The van der Waals surface area contributed by atoms with Crippen LogP contribution in [0.4, 0.5) is 0 Å². The van der Waals surface area contributed by atoms with Crippen molar-refractivity contribution in [3.05, 3.63) is 48.6 Å². The van der Waals surface area contributed by atoms with Gasteiger partial charge in [0, 0.05) is 21.6 Å². The normalized spacial score (nSPS) is 19.7. The Morgan fingerprint density at radius 1 is 0.643 bits per heavy atom. The van der Waals surface area contributed by atoms with Gasteiger partial charge in [-0.15, -0.1) is 0 Å². The van der Waals surface area contributed by atoms with Crippen molar-refractivity contribution in [2.24, 2.45) is 11.8 Å². The lowest BCUT2D eigenvalue weighted by molar-refractivity contribution is 1.16. The van der Waals surface area contributed by atoms with Crippen molar-refractivity contribution < 1.29 is 0 Å². The third kappa shape index (κ3) is 1.81. The highest BCUT2D eigenvalue weighted by Gasteiger charge is 2.19. The molecule has 0 aromatic rings. The Hall–Kier alpha value is -0.860. The molecule has 0 nitrogen and oxygen atoms in total. The van der Waals surface area contributed by atoms with Gasteiger partial charge in [0.2, 0.25) is 0 Å².